The summed E-state index contributed by atoms with van der Waals surface area (Å²) in [5.74, 6) is 1.03. The molecule has 0 saturated carbocycles. The smallest absolute Gasteiger partial charge is 0.251 e. The molecule has 0 spiro atoms. The van der Waals surface area contributed by atoms with Gasteiger partial charge in [0.2, 0.25) is 0 Å². The molecule has 0 aliphatic rings. The summed E-state index contributed by atoms with van der Waals surface area (Å²) in [4.78, 5) is 12.6. The van der Waals surface area contributed by atoms with E-state index in [0.717, 1.165) is 12.0 Å². The van der Waals surface area contributed by atoms with Crippen molar-refractivity contribution in [3.63, 3.8) is 0 Å². The van der Waals surface area contributed by atoms with Crippen LogP contribution in [0, 0.1) is 13.8 Å². The van der Waals surface area contributed by atoms with E-state index in [-0.39, 0.29) is 11.9 Å². The van der Waals surface area contributed by atoms with E-state index in [1.54, 1.807) is 32.4 Å². The summed E-state index contributed by atoms with van der Waals surface area (Å²) in [5.41, 5.74) is 4.15. The number of methoxy groups -OCH3 is 2. The minimum Gasteiger partial charge on any atom is -0.493 e. The zero-order chi connectivity index (χ0) is 17.7. The van der Waals surface area contributed by atoms with Crippen molar-refractivity contribution in [1.29, 1.82) is 0 Å². The first-order valence-corrected chi connectivity index (χ1v) is 8.10. The van der Waals surface area contributed by atoms with E-state index in [4.69, 9.17) is 9.47 Å². The molecule has 0 heterocycles. The maximum atomic E-state index is 12.6. The molecule has 0 aliphatic carbocycles. The molecule has 4 nitrogen and oxygen atoms in total. The molecule has 2 aromatic carbocycles. The van der Waals surface area contributed by atoms with E-state index in [2.05, 4.69) is 44.3 Å². The summed E-state index contributed by atoms with van der Waals surface area (Å²) in [6.45, 7) is 6.23. The molecule has 24 heavy (non-hydrogen) atoms. The highest BCUT2D eigenvalue weighted by Gasteiger charge is 2.16. The van der Waals surface area contributed by atoms with Crippen molar-refractivity contribution in [2.45, 2.75) is 33.2 Å². The van der Waals surface area contributed by atoms with Gasteiger partial charge in [0.15, 0.2) is 11.5 Å². The summed E-state index contributed by atoms with van der Waals surface area (Å²) in [7, 11) is 3.13. The van der Waals surface area contributed by atoms with E-state index in [1.165, 1.54) is 11.1 Å². The van der Waals surface area contributed by atoms with Crippen molar-refractivity contribution in [3.8, 4) is 11.5 Å². The Balaban J connectivity index is 2.21. The van der Waals surface area contributed by atoms with Gasteiger partial charge in [0.1, 0.15) is 0 Å². The van der Waals surface area contributed by atoms with Crippen molar-refractivity contribution in [1.82, 2.24) is 5.32 Å². The van der Waals surface area contributed by atoms with Crippen LogP contribution in [-0.2, 0) is 0 Å². The van der Waals surface area contributed by atoms with Gasteiger partial charge in [0.05, 0.1) is 20.3 Å². The standard InChI is InChI=1S/C20H25NO3/c1-6-17(15-8-7-13(2)14(3)11-15)21-20(22)16-9-10-18(23-4)19(12-16)24-5/h7-12,17H,6H2,1-5H3,(H,21,22). The topological polar surface area (TPSA) is 47.6 Å². The lowest BCUT2D eigenvalue weighted by molar-refractivity contribution is 0.0935. The predicted molar refractivity (Wildman–Crippen MR) is 96.0 cm³/mol. The third-order valence-corrected chi connectivity index (χ3v) is 4.29. The van der Waals surface area contributed by atoms with Gasteiger partial charge in [-0.1, -0.05) is 25.1 Å². The number of aryl methyl sites for hydroxylation is 2. The third kappa shape index (κ3) is 3.88. The minimum atomic E-state index is -0.124. The van der Waals surface area contributed by atoms with Crippen LogP contribution in [0.1, 0.15) is 46.4 Å². The van der Waals surface area contributed by atoms with Crippen LogP contribution in [0.2, 0.25) is 0 Å². The first-order chi connectivity index (χ1) is 11.5. The number of carbonyl (C=O) groups is 1. The van der Waals surface area contributed by atoms with Gasteiger partial charge in [-0.2, -0.15) is 0 Å². The zero-order valence-electron chi connectivity index (χ0n) is 15.0. The van der Waals surface area contributed by atoms with E-state index in [1.807, 2.05) is 0 Å². The number of amides is 1. The van der Waals surface area contributed by atoms with E-state index in [0.29, 0.717) is 17.1 Å². The van der Waals surface area contributed by atoms with Crippen molar-refractivity contribution in [3.05, 3.63) is 58.7 Å². The fourth-order valence-corrected chi connectivity index (χ4v) is 2.62. The summed E-state index contributed by atoms with van der Waals surface area (Å²) in [5, 5.41) is 3.10. The molecule has 0 fully saturated rings. The highest BCUT2D eigenvalue weighted by atomic mass is 16.5. The second-order valence-electron chi connectivity index (χ2n) is 5.85. The molecule has 128 valence electrons. The molecular formula is C20H25NO3. The van der Waals surface area contributed by atoms with Crippen molar-refractivity contribution in [2.24, 2.45) is 0 Å². The highest BCUT2D eigenvalue weighted by Crippen LogP contribution is 2.28. The maximum absolute atomic E-state index is 12.6. The number of ether oxygens (including phenoxy) is 2. The Kier molecular flexibility index (Phi) is 5.85. The fraction of sp³-hybridized carbons (Fsp3) is 0.350. The van der Waals surface area contributed by atoms with Gasteiger partial charge in [0, 0.05) is 5.56 Å². The van der Waals surface area contributed by atoms with Crippen LogP contribution >= 0.6 is 0 Å². The van der Waals surface area contributed by atoms with Crippen LogP contribution in [0.15, 0.2) is 36.4 Å². The monoisotopic (exact) mass is 327 g/mol. The van der Waals surface area contributed by atoms with E-state index in [9.17, 15) is 4.79 Å². The molecule has 1 amide bonds. The normalized spacial score (nSPS) is 11.7. The van der Waals surface area contributed by atoms with Gasteiger partial charge in [-0.3, -0.25) is 4.79 Å². The van der Waals surface area contributed by atoms with Crippen LogP contribution in [0.3, 0.4) is 0 Å². The Labute approximate surface area is 143 Å². The lowest BCUT2D eigenvalue weighted by atomic mass is 9.99. The molecule has 0 aliphatic heterocycles. The second kappa shape index (κ2) is 7.86. The first-order valence-electron chi connectivity index (χ1n) is 8.10. The molecule has 1 N–H and O–H groups in total. The fourth-order valence-electron chi connectivity index (χ4n) is 2.62. The van der Waals surface area contributed by atoms with Crippen LogP contribution in [-0.4, -0.2) is 20.1 Å². The zero-order valence-corrected chi connectivity index (χ0v) is 15.0. The van der Waals surface area contributed by atoms with Crippen molar-refractivity contribution in [2.75, 3.05) is 14.2 Å². The Morgan fingerprint density at radius 2 is 1.71 bits per heavy atom. The first kappa shape index (κ1) is 17.9. The quantitative estimate of drug-likeness (QED) is 0.865. The third-order valence-electron chi connectivity index (χ3n) is 4.29. The molecule has 1 unspecified atom stereocenters. The van der Waals surface area contributed by atoms with E-state index >= 15 is 0 Å². The second-order valence-corrected chi connectivity index (χ2v) is 5.85. The number of benzene rings is 2. The Morgan fingerprint density at radius 1 is 1.00 bits per heavy atom. The van der Waals surface area contributed by atoms with Gasteiger partial charge in [-0.25, -0.2) is 0 Å². The summed E-state index contributed by atoms with van der Waals surface area (Å²) in [6.07, 6.45) is 0.821. The number of carbonyl (C=O) groups excluding carboxylic acids is 1. The van der Waals surface area contributed by atoms with Crippen LogP contribution in [0.25, 0.3) is 0 Å². The number of nitrogens with one attached hydrogen (secondary N) is 1. The molecule has 0 aromatic heterocycles. The lowest BCUT2D eigenvalue weighted by Gasteiger charge is -2.19. The van der Waals surface area contributed by atoms with Crippen LogP contribution in [0.5, 0.6) is 11.5 Å². The average molecular weight is 327 g/mol. The minimum absolute atomic E-state index is 0.0232. The molecule has 0 bridgehead atoms. The number of hydrogen-bond acceptors (Lipinski definition) is 3. The molecular weight excluding hydrogens is 302 g/mol. The number of hydrogen-bond donors (Lipinski definition) is 1. The number of rotatable bonds is 6. The molecule has 1 atom stereocenters. The van der Waals surface area contributed by atoms with Crippen LogP contribution < -0.4 is 14.8 Å². The Morgan fingerprint density at radius 3 is 2.29 bits per heavy atom. The lowest BCUT2D eigenvalue weighted by Crippen LogP contribution is -2.28. The summed E-state index contributed by atoms with van der Waals surface area (Å²) >= 11 is 0. The summed E-state index contributed by atoms with van der Waals surface area (Å²) < 4.78 is 10.5. The molecule has 2 aromatic rings. The van der Waals surface area contributed by atoms with Crippen molar-refractivity contribution >= 4 is 5.91 Å². The molecule has 0 radical (unpaired) electrons. The van der Waals surface area contributed by atoms with Crippen molar-refractivity contribution < 1.29 is 14.3 Å². The average Bonchev–Trinajstić information content (AvgIpc) is 2.61. The van der Waals surface area contributed by atoms with Gasteiger partial charge >= 0.3 is 0 Å². The molecule has 0 saturated heterocycles. The summed E-state index contributed by atoms with van der Waals surface area (Å²) in [6, 6.07) is 11.5. The maximum Gasteiger partial charge on any atom is 0.251 e. The van der Waals surface area contributed by atoms with Gasteiger partial charge in [0.25, 0.3) is 5.91 Å². The Bertz CT molecular complexity index is 725. The molecule has 4 heteroatoms. The van der Waals surface area contributed by atoms with Crippen LogP contribution in [0.4, 0.5) is 0 Å². The Hall–Kier alpha value is -2.49. The largest absolute Gasteiger partial charge is 0.493 e. The SMILES string of the molecule is CCC(NC(=O)c1ccc(OC)c(OC)c1)c1ccc(C)c(C)c1. The molecule has 2 rings (SSSR count). The highest BCUT2D eigenvalue weighted by molar-refractivity contribution is 5.95. The van der Waals surface area contributed by atoms with Gasteiger partial charge < -0.3 is 14.8 Å². The van der Waals surface area contributed by atoms with E-state index < -0.39 is 0 Å². The van der Waals surface area contributed by atoms with Gasteiger partial charge in [-0.15, -0.1) is 0 Å². The van der Waals surface area contributed by atoms with Gasteiger partial charge in [-0.05, 0) is 55.2 Å². The predicted octanol–water partition coefficient (Wildman–Crippen LogP) is 4.20.